The lowest BCUT2D eigenvalue weighted by atomic mass is 9.79. The van der Waals surface area contributed by atoms with E-state index in [2.05, 4.69) is 85.0 Å². The summed E-state index contributed by atoms with van der Waals surface area (Å²) in [7, 11) is 0. The van der Waals surface area contributed by atoms with E-state index in [0.29, 0.717) is 11.8 Å². The molecule has 0 saturated carbocycles. The van der Waals surface area contributed by atoms with Gasteiger partial charge in [-0.1, -0.05) is 78.9 Å². The van der Waals surface area contributed by atoms with Gasteiger partial charge in [-0.15, -0.1) is 0 Å². The van der Waals surface area contributed by atoms with Crippen molar-refractivity contribution >= 4 is 21.9 Å². The maximum Gasteiger partial charge on any atom is 0.0314 e. The number of benzene rings is 2. The van der Waals surface area contributed by atoms with E-state index in [1.54, 1.807) is 5.57 Å². The quantitative estimate of drug-likeness (QED) is 0.542. The summed E-state index contributed by atoms with van der Waals surface area (Å²) >= 11 is 0. The van der Waals surface area contributed by atoms with E-state index in [4.69, 9.17) is 0 Å². The highest BCUT2D eigenvalue weighted by Crippen LogP contribution is 2.56. The Bertz CT molecular complexity index is 1260. The van der Waals surface area contributed by atoms with Crippen LogP contribution in [-0.4, -0.2) is 0 Å². The Morgan fingerprint density at radius 2 is 1.54 bits per heavy atom. The molecule has 2 aromatic carbocycles. The first-order valence-corrected chi connectivity index (χ1v) is 9.37. The molecule has 0 amide bonds. The maximum absolute atomic E-state index is 2.53. The molecule has 26 heavy (non-hydrogen) atoms. The monoisotopic (exact) mass is 328 g/mol. The average molecular weight is 328 g/mol. The molecule has 0 aliphatic heterocycles. The molecule has 0 fully saturated rings. The van der Waals surface area contributed by atoms with Crippen LogP contribution in [0.3, 0.4) is 0 Å². The molecule has 2 unspecified atom stereocenters. The fourth-order valence-electron chi connectivity index (χ4n) is 5.53. The summed E-state index contributed by atoms with van der Waals surface area (Å²) in [5, 5.41) is 2.77. The van der Waals surface area contributed by atoms with Gasteiger partial charge in [0.05, 0.1) is 0 Å². The van der Waals surface area contributed by atoms with E-state index in [1.807, 2.05) is 0 Å². The molecule has 7 rings (SSSR count). The van der Waals surface area contributed by atoms with Crippen molar-refractivity contribution in [2.75, 3.05) is 0 Å². The van der Waals surface area contributed by atoms with E-state index in [1.165, 1.54) is 49.8 Å². The Kier molecular flexibility index (Phi) is 2.19. The van der Waals surface area contributed by atoms with E-state index < -0.39 is 0 Å². The van der Waals surface area contributed by atoms with E-state index in [-0.39, 0.29) is 0 Å². The molecule has 2 atom stereocenters. The molecule has 0 bridgehead atoms. The number of fused-ring (bicyclic) bond motifs is 5. The van der Waals surface area contributed by atoms with Crippen molar-refractivity contribution in [3.63, 3.8) is 0 Å². The predicted octanol–water partition coefficient (Wildman–Crippen LogP) is 6.17. The molecule has 120 valence electrons. The zero-order valence-electron chi connectivity index (χ0n) is 14.2. The lowest BCUT2D eigenvalue weighted by molar-refractivity contribution is 0.824. The molecule has 5 aliphatic carbocycles. The highest BCUT2D eigenvalue weighted by molar-refractivity contribution is 6.23. The van der Waals surface area contributed by atoms with Crippen LogP contribution in [0.1, 0.15) is 11.1 Å². The first-order chi connectivity index (χ1) is 12.9. The van der Waals surface area contributed by atoms with Crippen molar-refractivity contribution in [3.05, 3.63) is 118 Å². The van der Waals surface area contributed by atoms with Crippen LogP contribution in [0.4, 0.5) is 0 Å². The summed E-state index contributed by atoms with van der Waals surface area (Å²) in [4.78, 5) is 0. The maximum atomic E-state index is 2.53. The van der Waals surface area contributed by atoms with Crippen LogP contribution in [0.25, 0.3) is 21.9 Å². The van der Waals surface area contributed by atoms with Crippen molar-refractivity contribution < 1.29 is 0 Å². The standard InChI is InChI=1S/C26H16/c1-5-15-6-2-10-18-22-14-24-20-12-4-8-16-7-3-11-19(26(16)20)23(24)13-21(22)17(9-1)25(15)18/h1-14,21,25H. The van der Waals surface area contributed by atoms with Crippen LogP contribution < -0.4 is 0 Å². The van der Waals surface area contributed by atoms with Gasteiger partial charge in [-0.05, 0) is 61.4 Å². The third-order valence-corrected chi connectivity index (χ3v) is 6.56. The largest absolute Gasteiger partial charge is 0.0644 e. The first-order valence-electron chi connectivity index (χ1n) is 9.37. The summed E-state index contributed by atoms with van der Waals surface area (Å²) < 4.78 is 0. The summed E-state index contributed by atoms with van der Waals surface area (Å²) in [5.74, 6) is 0.873. The van der Waals surface area contributed by atoms with Gasteiger partial charge in [0.1, 0.15) is 0 Å². The smallest absolute Gasteiger partial charge is 0.0314 e. The fraction of sp³-hybridized carbons (Fsp3) is 0.0769. The fourth-order valence-corrected chi connectivity index (χ4v) is 5.53. The van der Waals surface area contributed by atoms with Gasteiger partial charge in [0, 0.05) is 11.8 Å². The third kappa shape index (κ3) is 1.40. The Morgan fingerprint density at radius 3 is 2.42 bits per heavy atom. The van der Waals surface area contributed by atoms with Gasteiger partial charge < -0.3 is 0 Å². The van der Waals surface area contributed by atoms with E-state index >= 15 is 0 Å². The van der Waals surface area contributed by atoms with Crippen LogP contribution in [0.2, 0.25) is 0 Å². The van der Waals surface area contributed by atoms with Crippen molar-refractivity contribution in [1.29, 1.82) is 0 Å². The Balaban J connectivity index is 1.56. The van der Waals surface area contributed by atoms with Crippen molar-refractivity contribution in [1.82, 2.24) is 0 Å². The Labute approximate surface area is 152 Å². The zero-order valence-corrected chi connectivity index (χ0v) is 14.2. The topological polar surface area (TPSA) is 0 Å². The lowest BCUT2D eigenvalue weighted by Gasteiger charge is -2.24. The number of hydrogen-bond donors (Lipinski definition) is 0. The second-order valence-corrected chi connectivity index (χ2v) is 7.72. The molecule has 0 aromatic heterocycles. The molecule has 0 heterocycles. The van der Waals surface area contributed by atoms with Gasteiger partial charge in [-0.3, -0.25) is 0 Å². The van der Waals surface area contributed by atoms with Gasteiger partial charge in [0.25, 0.3) is 0 Å². The molecule has 2 aromatic rings. The molecule has 0 radical (unpaired) electrons. The molecule has 0 nitrogen and oxygen atoms in total. The normalized spacial score (nSPS) is 26.2. The highest BCUT2D eigenvalue weighted by Gasteiger charge is 2.41. The van der Waals surface area contributed by atoms with Crippen LogP contribution in [0, 0.1) is 11.8 Å². The SMILES string of the molecule is C1=CC2=CC=CC3=C4C=C5C(=CC4C(=C1)C23)c1cccc2cccc5c12. The van der Waals surface area contributed by atoms with E-state index in [9.17, 15) is 0 Å². The summed E-state index contributed by atoms with van der Waals surface area (Å²) in [6.07, 6.45) is 18.7. The second-order valence-electron chi connectivity index (χ2n) is 7.72. The molecule has 0 saturated heterocycles. The van der Waals surface area contributed by atoms with Crippen LogP contribution in [0.5, 0.6) is 0 Å². The highest BCUT2D eigenvalue weighted by atomic mass is 14.4. The number of hydrogen-bond acceptors (Lipinski definition) is 0. The molecule has 0 heteroatoms. The van der Waals surface area contributed by atoms with Gasteiger partial charge in [-0.25, -0.2) is 0 Å². The van der Waals surface area contributed by atoms with Crippen molar-refractivity contribution in [2.45, 2.75) is 0 Å². The minimum absolute atomic E-state index is 0.411. The molecular formula is C26H16. The average Bonchev–Trinajstić information content (AvgIpc) is 3.18. The van der Waals surface area contributed by atoms with Crippen molar-refractivity contribution in [2.24, 2.45) is 11.8 Å². The second kappa shape index (κ2) is 4.34. The summed E-state index contributed by atoms with van der Waals surface area (Å²) in [5.41, 5.74) is 11.6. The first kappa shape index (κ1) is 13.1. The summed E-state index contributed by atoms with van der Waals surface area (Å²) in [6, 6.07) is 13.4. The Hall–Kier alpha value is -3.12. The van der Waals surface area contributed by atoms with E-state index in [0.717, 1.165) is 0 Å². The lowest BCUT2D eigenvalue weighted by Crippen LogP contribution is -2.11. The molecule has 0 N–H and O–H groups in total. The predicted molar refractivity (Wildman–Crippen MR) is 108 cm³/mol. The van der Waals surface area contributed by atoms with Gasteiger partial charge in [0.15, 0.2) is 0 Å². The minimum Gasteiger partial charge on any atom is -0.0644 e. The number of allylic oxidation sites excluding steroid dienone is 14. The molecule has 0 spiro atoms. The third-order valence-electron chi connectivity index (χ3n) is 6.56. The van der Waals surface area contributed by atoms with Crippen LogP contribution in [-0.2, 0) is 0 Å². The zero-order chi connectivity index (χ0) is 16.8. The molecular weight excluding hydrogens is 312 g/mol. The Morgan fingerprint density at radius 1 is 0.731 bits per heavy atom. The number of rotatable bonds is 0. The summed E-state index contributed by atoms with van der Waals surface area (Å²) in [6.45, 7) is 0. The van der Waals surface area contributed by atoms with Crippen LogP contribution in [0.15, 0.2) is 107 Å². The van der Waals surface area contributed by atoms with Gasteiger partial charge in [-0.2, -0.15) is 0 Å². The van der Waals surface area contributed by atoms with Gasteiger partial charge in [0.2, 0.25) is 0 Å². The van der Waals surface area contributed by atoms with Crippen molar-refractivity contribution in [3.8, 4) is 0 Å². The molecule has 5 aliphatic rings. The van der Waals surface area contributed by atoms with Gasteiger partial charge >= 0.3 is 0 Å². The minimum atomic E-state index is 0.411. The van der Waals surface area contributed by atoms with Crippen LogP contribution >= 0.6 is 0 Å².